The van der Waals surface area contributed by atoms with Crippen LogP contribution in [0.2, 0.25) is 0 Å². The molecule has 1 amide bonds. The van der Waals surface area contributed by atoms with E-state index in [-0.39, 0.29) is 11.5 Å². The second-order valence-corrected chi connectivity index (χ2v) is 9.10. The topological polar surface area (TPSA) is 130 Å². The highest BCUT2D eigenvalue weighted by molar-refractivity contribution is 6.11. The van der Waals surface area contributed by atoms with Crippen LogP contribution < -0.4 is 20.7 Å². The van der Waals surface area contributed by atoms with Crippen molar-refractivity contribution in [3.63, 3.8) is 0 Å². The summed E-state index contributed by atoms with van der Waals surface area (Å²) in [5, 5.41) is 12.0. The van der Waals surface area contributed by atoms with Gasteiger partial charge in [-0.3, -0.25) is 9.79 Å². The van der Waals surface area contributed by atoms with Gasteiger partial charge in [-0.25, -0.2) is 9.78 Å². The Morgan fingerprint density at radius 3 is 2.54 bits per heavy atom. The van der Waals surface area contributed by atoms with Crippen molar-refractivity contribution in [2.45, 2.75) is 12.8 Å². The van der Waals surface area contributed by atoms with Crippen molar-refractivity contribution in [1.82, 2.24) is 4.98 Å². The number of benzene rings is 2. The summed E-state index contributed by atoms with van der Waals surface area (Å²) >= 11 is 0. The predicted molar refractivity (Wildman–Crippen MR) is 153 cm³/mol. The third-order valence-corrected chi connectivity index (χ3v) is 6.47. The molecule has 1 fully saturated rings. The molecule has 39 heavy (non-hydrogen) atoms. The van der Waals surface area contributed by atoms with Gasteiger partial charge in [0.05, 0.1) is 24.1 Å². The number of carbonyl (C=O) groups excluding carboxylic acids is 1. The number of aliphatic imine (C=N–C) groups is 1. The Bertz CT molecular complexity index is 1380. The molecular formula is C30H31N5O4. The monoisotopic (exact) mass is 525 g/mol. The van der Waals surface area contributed by atoms with Gasteiger partial charge in [0.2, 0.25) is 0 Å². The van der Waals surface area contributed by atoms with Crippen LogP contribution in [0.4, 0.5) is 11.5 Å². The largest absolute Gasteiger partial charge is 0.493 e. The number of piperidine rings is 1. The van der Waals surface area contributed by atoms with Gasteiger partial charge in [0.15, 0.2) is 0 Å². The van der Waals surface area contributed by atoms with E-state index in [4.69, 9.17) is 15.6 Å². The zero-order valence-corrected chi connectivity index (χ0v) is 21.5. The number of carboxylic acids is 1. The van der Waals surface area contributed by atoms with Gasteiger partial charge in [-0.2, -0.15) is 0 Å². The van der Waals surface area contributed by atoms with E-state index < -0.39 is 5.97 Å². The van der Waals surface area contributed by atoms with E-state index in [1.54, 1.807) is 54.9 Å². The number of allylic oxidation sites excluding steroid dienone is 1. The summed E-state index contributed by atoms with van der Waals surface area (Å²) in [5.74, 6) is 0.578. The molecule has 2 heterocycles. The summed E-state index contributed by atoms with van der Waals surface area (Å²) in [6.07, 6.45) is 7.96. The van der Waals surface area contributed by atoms with E-state index in [1.165, 1.54) is 12.4 Å². The Hall–Kier alpha value is -4.92. The van der Waals surface area contributed by atoms with Crippen LogP contribution in [0, 0.1) is 5.92 Å². The maximum absolute atomic E-state index is 12.8. The standard InChI is InChI=1S/C30H31N5O4/c1-2-32-18-25(17-31)22-5-3-6-23(15-22)29(36)34-26-9-10-28(33-19-26)35-13-11-21(12-14-35)20-39-27-8-4-7-24(16-27)30(37)38/h2-10,15-19,21H,1,11-14,20,31H2,(H,34,36)(H,37,38)/b25-17+,32-18?. The molecule has 9 nitrogen and oxygen atoms in total. The Kier molecular flexibility index (Phi) is 9.07. The Morgan fingerprint density at radius 1 is 1.10 bits per heavy atom. The second kappa shape index (κ2) is 13.0. The van der Waals surface area contributed by atoms with Gasteiger partial charge >= 0.3 is 5.97 Å². The van der Waals surface area contributed by atoms with Gasteiger partial charge in [-0.1, -0.05) is 24.8 Å². The molecule has 1 aliphatic heterocycles. The summed E-state index contributed by atoms with van der Waals surface area (Å²) in [5.41, 5.74) is 8.46. The number of nitrogens with one attached hydrogen (secondary N) is 1. The van der Waals surface area contributed by atoms with Crippen LogP contribution in [0.3, 0.4) is 0 Å². The van der Waals surface area contributed by atoms with E-state index in [9.17, 15) is 9.59 Å². The molecular weight excluding hydrogens is 494 g/mol. The van der Waals surface area contributed by atoms with Gasteiger partial charge in [-0.15, -0.1) is 0 Å². The van der Waals surface area contributed by atoms with E-state index in [1.807, 2.05) is 18.2 Å². The number of nitrogens with zero attached hydrogens (tertiary/aromatic N) is 3. The second-order valence-electron chi connectivity index (χ2n) is 9.10. The fourth-order valence-corrected chi connectivity index (χ4v) is 4.30. The molecule has 0 bridgehead atoms. The Labute approximate surface area is 227 Å². The first kappa shape index (κ1) is 27.1. The highest BCUT2D eigenvalue weighted by Crippen LogP contribution is 2.24. The first-order chi connectivity index (χ1) is 19.0. The first-order valence-electron chi connectivity index (χ1n) is 12.6. The molecule has 200 valence electrons. The van der Waals surface area contributed by atoms with Crippen molar-refractivity contribution in [3.05, 3.63) is 103 Å². The number of rotatable bonds is 10. The zero-order chi connectivity index (χ0) is 27.6. The molecule has 0 atom stereocenters. The van der Waals surface area contributed by atoms with Crippen LogP contribution in [0.15, 0.2) is 90.8 Å². The summed E-state index contributed by atoms with van der Waals surface area (Å²) in [6, 6.07) is 17.4. The zero-order valence-electron chi connectivity index (χ0n) is 21.5. The molecule has 9 heteroatoms. The quantitative estimate of drug-likeness (QED) is 0.323. The van der Waals surface area contributed by atoms with Crippen molar-refractivity contribution in [2.75, 3.05) is 29.9 Å². The minimum atomic E-state index is -0.968. The normalized spacial score (nSPS) is 14.3. The first-order valence-corrected chi connectivity index (χ1v) is 12.6. The number of aromatic carboxylic acids is 1. The molecule has 2 aromatic carbocycles. The fourth-order valence-electron chi connectivity index (χ4n) is 4.30. The number of amides is 1. The third-order valence-electron chi connectivity index (χ3n) is 6.47. The number of ether oxygens (including phenoxy) is 1. The SMILES string of the molecule is C=CN=C/C(=C\N)c1cccc(C(=O)Nc2ccc(N3CCC(COc4cccc(C(=O)O)c4)CC3)nc2)c1. The van der Waals surface area contributed by atoms with Crippen molar-refractivity contribution in [2.24, 2.45) is 16.6 Å². The van der Waals surface area contributed by atoms with Gasteiger partial charge in [0.25, 0.3) is 5.91 Å². The van der Waals surface area contributed by atoms with Crippen LogP contribution in [-0.2, 0) is 0 Å². The number of carboxylic acid groups (broad SMARTS) is 1. The van der Waals surface area contributed by atoms with E-state index in [2.05, 4.69) is 26.8 Å². The summed E-state index contributed by atoms with van der Waals surface area (Å²) in [6.45, 7) is 5.77. The molecule has 1 aliphatic rings. The van der Waals surface area contributed by atoms with Crippen LogP contribution in [-0.4, -0.2) is 47.9 Å². The Morgan fingerprint density at radius 2 is 1.85 bits per heavy atom. The number of aromatic nitrogens is 1. The van der Waals surface area contributed by atoms with Gasteiger partial charge < -0.3 is 25.8 Å². The van der Waals surface area contributed by atoms with Crippen LogP contribution in [0.25, 0.3) is 5.57 Å². The molecule has 0 unspecified atom stereocenters. The van der Waals surface area contributed by atoms with E-state index in [0.29, 0.717) is 35.1 Å². The molecule has 4 N–H and O–H groups in total. The smallest absolute Gasteiger partial charge is 0.335 e. The summed E-state index contributed by atoms with van der Waals surface area (Å²) in [4.78, 5) is 34.7. The number of hydrogen-bond donors (Lipinski definition) is 3. The minimum Gasteiger partial charge on any atom is -0.493 e. The number of hydrogen-bond acceptors (Lipinski definition) is 7. The van der Waals surface area contributed by atoms with Crippen molar-refractivity contribution >= 4 is 35.2 Å². The lowest BCUT2D eigenvalue weighted by atomic mass is 9.98. The van der Waals surface area contributed by atoms with E-state index in [0.717, 1.165) is 37.3 Å². The molecule has 0 aliphatic carbocycles. The number of carbonyl (C=O) groups is 2. The van der Waals surface area contributed by atoms with Crippen LogP contribution in [0.5, 0.6) is 5.75 Å². The highest BCUT2D eigenvalue weighted by atomic mass is 16.5. The van der Waals surface area contributed by atoms with Gasteiger partial charge in [0, 0.05) is 42.8 Å². The number of nitrogens with two attached hydrogens (primary N) is 1. The average Bonchev–Trinajstić information content (AvgIpc) is 2.97. The average molecular weight is 526 g/mol. The molecule has 0 spiro atoms. The number of anilines is 2. The number of pyridine rings is 1. The lowest BCUT2D eigenvalue weighted by molar-refractivity contribution is 0.0696. The predicted octanol–water partition coefficient (Wildman–Crippen LogP) is 4.84. The van der Waals surface area contributed by atoms with Crippen molar-refractivity contribution < 1.29 is 19.4 Å². The summed E-state index contributed by atoms with van der Waals surface area (Å²) in [7, 11) is 0. The molecule has 0 radical (unpaired) electrons. The molecule has 1 saturated heterocycles. The third kappa shape index (κ3) is 7.32. The minimum absolute atomic E-state index is 0.216. The molecule has 0 saturated carbocycles. The van der Waals surface area contributed by atoms with Gasteiger partial charge in [-0.05, 0) is 66.8 Å². The highest BCUT2D eigenvalue weighted by Gasteiger charge is 2.21. The fraction of sp³-hybridized carbons (Fsp3) is 0.200. The molecule has 4 rings (SSSR count). The Balaban J connectivity index is 1.29. The lowest BCUT2D eigenvalue weighted by Crippen LogP contribution is -2.36. The molecule has 1 aromatic heterocycles. The summed E-state index contributed by atoms with van der Waals surface area (Å²) < 4.78 is 5.85. The van der Waals surface area contributed by atoms with Gasteiger partial charge in [0.1, 0.15) is 11.6 Å². The van der Waals surface area contributed by atoms with Crippen molar-refractivity contribution in [3.8, 4) is 5.75 Å². The maximum atomic E-state index is 12.8. The van der Waals surface area contributed by atoms with Crippen molar-refractivity contribution in [1.29, 1.82) is 0 Å². The molecule has 3 aromatic rings. The van der Waals surface area contributed by atoms with Crippen LogP contribution >= 0.6 is 0 Å². The lowest BCUT2D eigenvalue weighted by Gasteiger charge is -2.32. The van der Waals surface area contributed by atoms with Crippen LogP contribution in [0.1, 0.15) is 39.1 Å². The maximum Gasteiger partial charge on any atom is 0.335 e. The van der Waals surface area contributed by atoms with E-state index >= 15 is 0 Å².